The Hall–Kier alpha value is -0.730. The average Bonchev–Trinajstić information content (AvgIpc) is 2.83. The molecule has 0 spiro atoms. The van der Waals surface area contributed by atoms with Gasteiger partial charge in [0.25, 0.3) is 0 Å². The van der Waals surface area contributed by atoms with Crippen molar-refractivity contribution < 1.29 is 0 Å². The molecule has 0 unspecified atom stereocenters. The molecule has 0 bridgehead atoms. The molecular formula is C10H21N3. The highest BCUT2D eigenvalue weighted by atomic mass is 15.3. The van der Waals surface area contributed by atoms with Crippen molar-refractivity contribution in [1.29, 1.82) is 0 Å². The summed E-state index contributed by atoms with van der Waals surface area (Å²) in [4.78, 5) is 6.59. The van der Waals surface area contributed by atoms with Crippen LogP contribution in [0.15, 0.2) is 4.99 Å². The minimum atomic E-state index is 0.529. The van der Waals surface area contributed by atoms with Gasteiger partial charge in [-0.25, -0.2) is 4.99 Å². The van der Waals surface area contributed by atoms with Crippen LogP contribution in [0.4, 0.5) is 0 Å². The van der Waals surface area contributed by atoms with Crippen LogP contribution in [0.5, 0.6) is 0 Å². The number of hydrogen-bond donors (Lipinski definition) is 1. The van der Waals surface area contributed by atoms with E-state index in [-0.39, 0.29) is 0 Å². The fourth-order valence-corrected chi connectivity index (χ4v) is 1.30. The largest absolute Gasteiger partial charge is 0.370 e. The highest BCUT2D eigenvalue weighted by Crippen LogP contribution is 2.23. The van der Waals surface area contributed by atoms with Crippen LogP contribution in [0.2, 0.25) is 0 Å². The van der Waals surface area contributed by atoms with Crippen molar-refractivity contribution in [3.8, 4) is 0 Å². The predicted octanol–water partition coefficient (Wildman–Crippen LogP) is 1.44. The van der Waals surface area contributed by atoms with E-state index in [1.54, 1.807) is 0 Å². The summed E-state index contributed by atoms with van der Waals surface area (Å²) in [6.07, 6.45) is 2.44. The number of nitrogens with zero attached hydrogens (tertiary/aromatic N) is 2. The molecule has 0 atom stereocenters. The van der Waals surface area contributed by atoms with Crippen molar-refractivity contribution in [3.05, 3.63) is 0 Å². The minimum Gasteiger partial charge on any atom is -0.370 e. The van der Waals surface area contributed by atoms with Gasteiger partial charge in [0.2, 0.25) is 0 Å². The molecule has 1 fully saturated rings. The lowest BCUT2D eigenvalue weighted by Crippen LogP contribution is -2.39. The normalized spacial score (nSPS) is 18.0. The minimum absolute atomic E-state index is 0.529. The quantitative estimate of drug-likeness (QED) is 0.529. The zero-order valence-electron chi connectivity index (χ0n) is 8.95. The molecule has 0 aromatic rings. The molecule has 0 amide bonds. The fraction of sp³-hybridized carbons (Fsp3) is 0.900. The van der Waals surface area contributed by atoms with Gasteiger partial charge in [-0.1, -0.05) is 13.8 Å². The van der Waals surface area contributed by atoms with Gasteiger partial charge >= 0.3 is 0 Å². The number of aliphatic imine (C=N–C) groups is 1. The summed E-state index contributed by atoms with van der Waals surface area (Å²) in [7, 11) is 0. The van der Waals surface area contributed by atoms with Crippen LogP contribution in [-0.2, 0) is 0 Å². The Bertz CT molecular complexity index is 183. The summed E-state index contributed by atoms with van der Waals surface area (Å²) >= 11 is 0. The van der Waals surface area contributed by atoms with Crippen molar-refractivity contribution in [2.24, 2.45) is 16.6 Å². The summed E-state index contributed by atoms with van der Waals surface area (Å²) in [6, 6.07) is 0.529. The van der Waals surface area contributed by atoms with E-state index in [9.17, 15) is 0 Å². The van der Waals surface area contributed by atoms with E-state index >= 15 is 0 Å². The van der Waals surface area contributed by atoms with Crippen molar-refractivity contribution >= 4 is 5.96 Å². The van der Waals surface area contributed by atoms with E-state index in [2.05, 4.69) is 30.7 Å². The number of hydrogen-bond acceptors (Lipinski definition) is 1. The van der Waals surface area contributed by atoms with Crippen LogP contribution in [0.1, 0.15) is 33.6 Å². The van der Waals surface area contributed by atoms with Gasteiger partial charge in [-0.15, -0.1) is 0 Å². The third-order valence-electron chi connectivity index (χ3n) is 2.15. The number of nitrogens with two attached hydrogens (primary N) is 1. The molecule has 1 aliphatic carbocycles. The average molecular weight is 183 g/mol. The maximum absolute atomic E-state index is 5.89. The zero-order valence-corrected chi connectivity index (χ0v) is 8.95. The van der Waals surface area contributed by atoms with Crippen LogP contribution in [-0.4, -0.2) is 30.0 Å². The van der Waals surface area contributed by atoms with E-state index in [0.29, 0.717) is 12.0 Å². The van der Waals surface area contributed by atoms with E-state index in [1.165, 1.54) is 12.8 Å². The second kappa shape index (κ2) is 4.49. The highest BCUT2D eigenvalue weighted by molar-refractivity contribution is 5.78. The van der Waals surface area contributed by atoms with Gasteiger partial charge in [-0.05, 0) is 25.7 Å². The maximum Gasteiger partial charge on any atom is 0.191 e. The standard InChI is InChI=1S/C10H21N3/c1-4-13(7-8(2)3)10(11)12-9-5-6-9/h8-9H,4-7H2,1-3H3,(H2,11,12). The molecule has 1 rings (SSSR count). The Balaban J connectivity index is 2.43. The SMILES string of the molecule is CCN(CC(C)C)C(N)=NC1CC1. The van der Waals surface area contributed by atoms with Crippen LogP contribution in [0, 0.1) is 5.92 Å². The lowest BCUT2D eigenvalue weighted by Gasteiger charge is -2.23. The molecule has 2 N–H and O–H groups in total. The molecule has 1 aliphatic rings. The van der Waals surface area contributed by atoms with Gasteiger partial charge in [0.1, 0.15) is 0 Å². The molecule has 0 aromatic heterocycles. The molecular weight excluding hydrogens is 162 g/mol. The Morgan fingerprint density at radius 3 is 2.54 bits per heavy atom. The third kappa shape index (κ3) is 3.66. The molecule has 0 aromatic carbocycles. The van der Waals surface area contributed by atoms with Crippen molar-refractivity contribution in [2.75, 3.05) is 13.1 Å². The topological polar surface area (TPSA) is 41.6 Å². The maximum atomic E-state index is 5.89. The second-order valence-corrected chi connectivity index (χ2v) is 4.15. The van der Waals surface area contributed by atoms with Gasteiger partial charge in [-0.2, -0.15) is 0 Å². The second-order valence-electron chi connectivity index (χ2n) is 4.15. The van der Waals surface area contributed by atoms with Crippen molar-refractivity contribution in [1.82, 2.24) is 4.90 Å². The lowest BCUT2D eigenvalue weighted by atomic mass is 10.2. The predicted molar refractivity (Wildman–Crippen MR) is 56.7 cm³/mol. The van der Waals surface area contributed by atoms with Crippen LogP contribution < -0.4 is 5.73 Å². The third-order valence-corrected chi connectivity index (χ3v) is 2.15. The fourth-order valence-electron chi connectivity index (χ4n) is 1.30. The monoisotopic (exact) mass is 183 g/mol. The Morgan fingerprint density at radius 2 is 2.15 bits per heavy atom. The first kappa shape index (κ1) is 10.4. The van der Waals surface area contributed by atoms with E-state index in [1.807, 2.05) is 0 Å². The summed E-state index contributed by atoms with van der Waals surface area (Å²) in [5.74, 6) is 1.38. The number of guanidine groups is 1. The molecule has 3 nitrogen and oxygen atoms in total. The Labute approximate surface area is 81.0 Å². The number of rotatable bonds is 4. The zero-order chi connectivity index (χ0) is 9.84. The summed E-state index contributed by atoms with van der Waals surface area (Å²) < 4.78 is 0. The smallest absolute Gasteiger partial charge is 0.191 e. The molecule has 3 heteroatoms. The summed E-state index contributed by atoms with van der Waals surface area (Å²) in [5.41, 5.74) is 5.89. The molecule has 0 heterocycles. The molecule has 0 saturated heterocycles. The van der Waals surface area contributed by atoms with E-state index in [4.69, 9.17) is 5.73 Å². The molecule has 0 radical (unpaired) electrons. The van der Waals surface area contributed by atoms with E-state index < -0.39 is 0 Å². The van der Waals surface area contributed by atoms with Crippen molar-refractivity contribution in [3.63, 3.8) is 0 Å². The summed E-state index contributed by atoms with van der Waals surface area (Å²) in [5, 5.41) is 0. The molecule has 1 saturated carbocycles. The van der Waals surface area contributed by atoms with E-state index in [0.717, 1.165) is 19.0 Å². The van der Waals surface area contributed by atoms with Gasteiger partial charge in [0, 0.05) is 13.1 Å². The lowest BCUT2D eigenvalue weighted by molar-refractivity contribution is 0.376. The molecule has 76 valence electrons. The first-order valence-corrected chi connectivity index (χ1v) is 5.21. The van der Waals surface area contributed by atoms with Gasteiger partial charge in [-0.3, -0.25) is 0 Å². The van der Waals surface area contributed by atoms with Gasteiger partial charge < -0.3 is 10.6 Å². The Morgan fingerprint density at radius 1 is 1.54 bits per heavy atom. The Kier molecular flexibility index (Phi) is 3.58. The van der Waals surface area contributed by atoms with Crippen LogP contribution >= 0.6 is 0 Å². The van der Waals surface area contributed by atoms with Gasteiger partial charge in [0.05, 0.1) is 6.04 Å². The van der Waals surface area contributed by atoms with Crippen molar-refractivity contribution in [2.45, 2.75) is 39.7 Å². The summed E-state index contributed by atoms with van der Waals surface area (Å²) in [6.45, 7) is 8.50. The highest BCUT2D eigenvalue weighted by Gasteiger charge is 2.21. The molecule has 13 heavy (non-hydrogen) atoms. The van der Waals surface area contributed by atoms with Crippen LogP contribution in [0.3, 0.4) is 0 Å². The molecule has 0 aliphatic heterocycles. The van der Waals surface area contributed by atoms with Crippen LogP contribution in [0.25, 0.3) is 0 Å². The van der Waals surface area contributed by atoms with Gasteiger partial charge in [0.15, 0.2) is 5.96 Å². The first-order valence-electron chi connectivity index (χ1n) is 5.21. The first-order chi connectivity index (χ1) is 6.13.